The Labute approximate surface area is 173 Å². The van der Waals surface area contributed by atoms with E-state index < -0.39 is 6.04 Å². The van der Waals surface area contributed by atoms with E-state index in [1.807, 2.05) is 18.7 Å². The smallest absolute Gasteiger partial charge is 0.315 e. The SMILES string of the molecule is CC(C)NC(=O)N[C@H]1C[C@H]2CN(CC3CCC3)C[C@H](NC(=O)C3CC3)C(=O)N2C1. The maximum absolute atomic E-state index is 13.3. The van der Waals surface area contributed by atoms with Crippen LogP contribution in [0.5, 0.6) is 0 Å². The Morgan fingerprint density at radius 2 is 1.83 bits per heavy atom. The highest BCUT2D eigenvalue weighted by molar-refractivity contribution is 5.90. The van der Waals surface area contributed by atoms with Crippen molar-refractivity contribution < 1.29 is 14.4 Å². The number of nitrogens with one attached hydrogen (secondary N) is 3. The minimum atomic E-state index is -0.476. The van der Waals surface area contributed by atoms with Gasteiger partial charge in [-0.3, -0.25) is 14.5 Å². The second kappa shape index (κ2) is 8.50. The van der Waals surface area contributed by atoms with Gasteiger partial charge in [-0.25, -0.2) is 4.79 Å². The Morgan fingerprint density at radius 3 is 2.45 bits per heavy atom. The number of hydrogen-bond donors (Lipinski definition) is 3. The summed E-state index contributed by atoms with van der Waals surface area (Å²) in [5, 5.41) is 8.91. The van der Waals surface area contributed by atoms with Crippen molar-refractivity contribution in [1.82, 2.24) is 25.8 Å². The van der Waals surface area contributed by atoms with Crippen molar-refractivity contribution in [2.24, 2.45) is 11.8 Å². The minimum absolute atomic E-state index is 0.00803. The van der Waals surface area contributed by atoms with E-state index in [0.29, 0.717) is 19.0 Å². The molecule has 0 aromatic carbocycles. The number of nitrogens with zero attached hydrogens (tertiary/aromatic N) is 2. The van der Waals surface area contributed by atoms with E-state index in [1.54, 1.807) is 0 Å². The summed E-state index contributed by atoms with van der Waals surface area (Å²) in [5.74, 6) is 0.836. The first-order valence-electron chi connectivity index (χ1n) is 11.3. The lowest BCUT2D eigenvalue weighted by Crippen LogP contribution is -2.52. The van der Waals surface area contributed by atoms with E-state index >= 15 is 0 Å². The maximum atomic E-state index is 13.3. The van der Waals surface area contributed by atoms with Crippen LogP contribution in [0.25, 0.3) is 0 Å². The van der Waals surface area contributed by atoms with Crippen molar-refractivity contribution in [3.63, 3.8) is 0 Å². The first kappa shape index (κ1) is 20.4. The number of amides is 4. The normalized spacial score (nSPS) is 30.5. The summed E-state index contributed by atoms with van der Waals surface area (Å²) in [6.07, 6.45) is 6.45. The number of carbonyl (C=O) groups is 3. The third-order valence-electron chi connectivity index (χ3n) is 6.67. The van der Waals surface area contributed by atoms with Crippen LogP contribution in [0.1, 0.15) is 52.4 Å². The van der Waals surface area contributed by atoms with Crippen molar-refractivity contribution in [3.05, 3.63) is 0 Å². The average molecular weight is 406 g/mol. The summed E-state index contributed by atoms with van der Waals surface area (Å²) in [7, 11) is 0. The summed E-state index contributed by atoms with van der Waals surface area (Å²) < 4.78 is 0. The largest absolute Gasteiger partial charge is 0.343 e. The standard InChI is InChI=1S/C21H35N5O3/c1-13(2)22-21(29)23-16-8-17-11-25(9-14-4-3-5-14)12-18(20(28)26(17)10-16)24-19(27)15-6-7-15/h13-18H,3-12H2,1-2H3,(H,24,27)(H2,22,23,29)/t16-,17-,18-/m0/s1. The molecule has 2 saturated heterocycles. The van der Waals surface area contributed by atoms with Gasteiger partial charge in [0.25, 0.3) is 0 Å². The Balaban J connectivity index is 1.43. The van der Waals surface area contributed by atoms with Crippen LogP contribution in [-0.2, 0) is 9.59 Å². The number of rotatable bonds is 6. The second-order valence-electron chi connectivity index (χ2n) is 9.70. The monoisotopic (exact) mass is 405 g/mol. The highest BCUT2D eigenvalue weighted by Crippen LogP contribution is 2.31. The van der Waals surface area contributed by atoms with Crippen molar-refractivity contribution >= 4 is 17.8 Å². The molecule has 8 heteroatoms. The lowest BCUT2D eigenvalue weighted by atomic mass is 9.85. The van der Waals surface area contributed by atoms with Crippen LogP contribution in [0.15, 0.2) is 0 Å². The van der Waals surface area contributed by atoms with Crippen molar-refractivity contribution in [1.29, 1.82) is 0 Å². The van der Waals surface area contributed by atoms with Crippen LogP contribution in [-0.4, -0.2) is 78.0 Å². The molecular weight excluding hydrogens is 370 g/mol. The molecule has 162 valence electrons. The van der Waals surface area contributed by atoms with Gasteiger partial charge in [0, 0.05) is 44.2 Å². The summed E-state index contributed by atoms with van der Waals surface area (Å²) in [4.78, 5) is 42.0. The first-order chi connectivity index (χ1) is 13.9. The maximum Gasteiger partial charge on any atom is 0.315 e. The van der Waals surface area contributed by atoms with E-state index in [2.05, 4.69) is 20.9 Å². The Hall–Kier alpha value is -1.83. The van der Waals surface area contributed by atoms with E-state index in [1.165, 1.54) is 19.3 Å². The molecule has 0 aromatic rings. The first-order valence-corrected chi connectivity index (χ1v) is 11.3. The van der Waals surface area contributed by atoms with Gasteiger partial charge in [0.05, 0.1) is 6.04 Å². The third kappa shape index (κ3) is 5.02. The molecule has 0 aromatic heterocycles. The van der Waals surface area contributed by atoms with Gasteiger partial charge >= 0.3 is 6.03 Å². The minimum Gasteiger partial charge on any atom is -0.343 e. The van der Waals surface area contributed by atoms with Crippen LogP contribution in [0.3, 0.4) is 0 Å². The predicted molar refractivity (Wildman–Crippen MR) is 109 cm³/mol. The summed E-state index contributed by atoms with van der Waals surface area (Å²) >= 11 is 0. The fourth-order valence-electron chi connectivity index (χ4n) is 4.79. The molecule has 0 bridgehead atoms. The zero-order valence-corrected chi connectivity index (χ0v) is 17.7. The Kier molecular flexibility index (Phi) is 5.99. The highest BCUT2D eigenvalue weighted by Gasteiger charge is 2.44. The third-order valence-corrected chi connectivity index (χ3v) is 6.67. The molecule has 4 rings (SSSR count). The van der Waals surface area contributed by atoms with Gasteiger partial charge in [0.2, 0.25) is 11.8 Å². The van der Waals surface area contributed by atoms with Gasteiger partial charge in [-0.05, 0) is 51.9 Å². The number of hydrogen-bond acceptors (Lipinski definition) is 4. The fourth-order valence-corrected chi connectivity index (χ4v) is 4.79. The lowest BCUT2D eigenvalue weighted by molar-refractivity contribution is -0.136. The summed E-state index contributed by atoms with van der Waals surface area (Å²) in [6, 6.07) is -0.541. The van der Waals surface area contributed by atoms with E-state index in [0.717, 1.165) is 32.4 Å². The molecule has 0 unspecified atom stereocenters. The van der Waals surface area contributed by atoms with Crippen LogP contribution in [0.4, 0.5) is 4.79 Å². The Morgan fingerprint density at radius 1 is 1.07 bits per heavy atom. The predicted octanol–water partition coefficient (Wildman–Crippen LogP) is 0.674. The quantitative estimate of drug-likeness (QED) is 0.606. The van der Waals surface area contributed by atoms with Gasteiger partial charge in [-0.15, -0.1) is 0 Å². The average Bonchev–Trinajstić information content (AvgIpc) is 3.39. The van der Waals surface area contributed by atoms with E-state index in [-0.39, 0.29) is 41.9 Å². The van der Waals surface area contributed by atoms with Crippen LogP contribution in [0, 0.1) is 11.8 Å². The van der Waals surface area contributed by atoms with Crippen molar-refractivity contribution in [2.45, 2.75) is 76.5 Å². The number of carbonyl (C=O) groups excluding carboxylic acids is 3. The number of urea groups is 1. The van der Waals surface area contributed by atoms with E-state index in [9.17, 15) is 14.4 Å². The molecule has 0 spiro atoms. The topological polar surface area (TPSA) is 93.8 Å². The molecule has 29 heavy (non-hydrogen) atoms. The van der Waals surface area contributed by atoms with Gasteiger partial charge in [0.1, 0.15) is 6.04 Å². The molecule has 2 aliphatic heterocycles. The highest BCUT2D eigenvalue weighted by atomic mass is 16.2. The van der Waals surface area contributed by atoms with Crippen LogP contribution < -0.4 is 16.0 Å². The molecule has 2 saturated carbocycles. The zero-order valence-electron chi connectivity index (χ0n) is 17.7. The van der Waals surface area contributed by atoms with Crippen molar-refractivity contribution in [3.8, 4) is 0 Å². The molecule has 0 radical (unpaired) electrons. The summed E-state index contributed by atoms with van der Waals surface area (Å²) in [5.41, 5.74) is 0. The summed E-state index contributed by atoms with van der Waals surface area (Å²) in [6.45, 7) is 6.80. The van der Waals surface area contributed by atoms with E-state index in [4.69, 9.17) is 0 Å². The van der Waals surface area contributed by atoms with Gasteiger partial charge in [-0.1, -0.05) is 6.42 Å². The van der Waals surface area contributed by atoms with Gasteiger partial charge < -0.3 is 20.9 Å². The fraction of sp³-hybridized carbons (Fsp3) is 0.857. The van der Waals surface area contributed by atoms with Gasteiger partial charge in [-0.2, -0.15) is 0 Å². The Bertz CT molecular complexity index is 646. The molecule has 2 heterocycles. The van der Waals surface area contributed by atoms with Gasteiger partial charge in [0.15, 0.2) is 0 Å². The molecule has 3 atom stereocenters. The molecule has 3 N–H and O–H groups in total. The molecule has 4 amide bonds. The van der Waals surface area contributed by atoms with Crippen LogP contribution >= 0.6 is 0 Å². The molecule has 2 aliphatic carbocycles. The lowest BCUT2D eigenvalue weighted by Gasteiger charge is -2.33. The molecular formula is C21H35N5O3. The number of fused-ring (bicyclic) bond motifs is 1. The van der Waals surface area contributed by atoms with Crippen molar-refractivity contribution in [2.75, 3.05) is 26.2 Å². The molecule has 8 nitrogen and oxygen atoms in total. The van der Waals surface area contributed by atoms with Crippen LogP contribution in [0.2, 0.25) is 0 Å². The second-order valence-corrected chi connectivity index (χ2v) is 9.70. The zero-order chi connectivity index (χ0) is 20.5. The molecule has 4 fully saturated rings. The molecule has 4 aliphatic rings.